The van der Waals surface area contributed by atoms with E-state index >= 15 is 0 Å². The van der Waals surface area contributed by atoms with Crippen LogP contribution in [0.25, 0.3) is 5.65 Å². The van der Waals surface area contributed by atoms with Gasteiger partial charge < -0.3 is 15.4 Å². The molecule has 154 valence electrons. The number of phenols is 1. The van der Waals surface area contributed by atoms with Gasteiger partial charge in [0.1, 0.15) is 17.0 Å². The fourth-order valence-corrected chi connectivity index (χ4v) is 3.34. The Bertz CT molecular complexity index is 1160. The number of aromatic amines is 1. The number of nitrogens with zero attached hydrogens (tertiary/aromatic N) is 2. The molecule has 7 nitrogen and oxygen atoms in total. The van der Waals surface area contributed by atoms with E-state index in [1.165, 1.54) is 10.7 Å². The summed E-state index contributed by atoms with van der Waals surface area (Å²) in [7, 11) is 0. The van der Waals surface area contributed by atoms with Gasteiger partial charge in [-0.05, 0) is 34.9 Å². The highest BCUT2D eigenvalue weighted by atomic mass is 16.3. The minimum absolute atomic E-state index is 0.0557. The molecule has 0 fully saturated rings. The van der Waals surface area contributed by atoms with Crippen molar-refractivity contribution in [1.29, 1.82) is 0 Å². The first-order valence-electron chi connectivity index (χ1n) is 9.56. The highest BCUT2D eigenvalue weighted by Crippen LogP contribution is 2.39. The first-order chi connectivity index (χ1) is 13.3. The van der Waals surface area contributed by atoms with E-state index in [1.54, 1.807) is 19.1 Å². The Labute approximate surface area is 169 Å². The maximum Gasteiger partial charge on any atom is 0.287 e. The molecule has 0 saturated heterocycles. The summed E-state index contributed by atoms with van der Waals surface area (Å²) in [4.78, 5) is 28.5. The normalized spacial score (nSPS) is 12.4. The van der Waals surface area contributed by atoms with Gasteiger partial charge in [0.15, 0.2) is 0 Å². The number of H-pyrrole nitrogens is 1. The van der Waals surface area contributed by atoms with Crippen molar-refractivity contribution >= 4 is 17.2 Å². The zero-order valence-corrected chi connectivity index (χ0v) is 18.0. The Kier molecular flexibility index (Phi) is 4.81. The van der Waals surface area contributed by atoms with Crippen molar-refractivity contribution < 1.29 is 9.90 Å². The number of carbonyl (C=O) groups is 1. The fraction of sp³-hybridized carbons (Fsp3) is 0.409. The number of phenolic OH excluding ortho intramolecular Hbond substituents is 1. The molecule has 0 spiro atoms. The second-order valence-electron chi connectivity index (χ2n) is 9.46. The maximum atomic E-state index is 12.9. The van der Waals surface area contributed by atoms with Gasteiger partial charge in [-0.2, -0.15) is 9.61 Å². The van der Waals surface area contributed by atoms with Crippen LogP contribution in [0.4, 0.5) is 5.69 Å². The summed E-state index contributed by atoms with van der Waals surface area (Å²) in [5.41, 5.74) is 2.24. The van der Waals surface area contributed by atoms with Crippen LogP contribution in [0.2, 0.25) is 0 Å². The number of rotatable bonds is 2. The molecular formula is C22H28N4O3. The van der Waals surface area contributed by atoms with Crippen molar-refractivity contribution in [3.05, 3.63) is 57.1 Å². The van der Waals surface area contributed by atoms with E-state index in [1.807, 2.05) is 47.6 Å². The van der Waals surface area contributed by atoms with Crippen LogP contribution >= 0.6 is 0 Å². The molecule has 0 unspecified atom stereocenters. The summed E-state index contributed by atoms with van der Waals surface area (Å²) >= 11 is 0. The Hall–Kier alpha value is -3.09. The first kappa shape index (κ1) is 20.6. The second kappa shape index (κ2) is 6.76. The van der Waals surface area contributed by atoms with Crippen LogP contribution in [0.1, 0.15) is 68.7 Å². The second-order valence-corrected chi connectivity index (χ2v) is 9.46. The van der Waals surface area contributed by atoms with E-state index in [-0.39, 0.29) is 22.1 Å². The third-order valence-corrected chi connectivity index (χ3v) is 4.86. The average molecular weight is 396 g/mol. The van der Waals surface area contributed by atoms with Crippen LogP contribution in [0.15, 0.2) is 29.2 Å². The molecule has 3 rings (SSSR count). The number of carbonyl (C=O) groups excluding carboxylic acids is 1. The lowest BCUT2D eigenvalue weighted by Crippen LogP contribution is -2.28. The van der Waals surface area contributed by atoms with Crippen molar-refractivity contribution in [2.75, 3.05) is 5.32 Å². The summed E-state index contributed by atoms with van der Waals surface area (Å²) < 4.78 is 1.18. The van der Waals surface area contributed by atoms with Crippen molar-refractivity contribution in [3.63, 3.8) is 0 Å². The van der Waals surface area contributed by atoms with Crippen LogP contribution in [-0.2, 0) is 10.8 Å². The molecule has 0 aliphatic carbocycles. The van der Waals surface area contributed by atoms with E-state index in [0.29, 0.717) is 17.0 Å². The van der Waals surface area contributed by atoms with E-state index in [0.717, 1.165) is 11.1 Å². The zero-order valence-electron chi connectivity index (χ0n) is 18.0. The average Bonchev–Trinajstić information content (AvgIpc) is 2.94. The Balaban J connectivity index is 2.08. The van der Waals surface area contributed by atoms with Gasteiger partial charge in [-0.25, -0.2) is 0 Å². The number of amides is 1. The van der Waals surface area contributed by atoms with Gasteiger partial charge in [-0.15, -0.1) is 0 Å². The molecule has 0 saturated carbocycles. The smallest absolute Gasteiger partial charge is 0.287 e. The number of fused-ring (bicyclic) bond motifs is 1. The molecule has 0 bridgehead atoms. The van der Waals surface area contributed by atoms with Crippen LogP contribution in [0, 0.1) is 6.92 Å². The molecule has 3 aromatic rings. The largest absolute Gasteiger partial charge is 0.508 e. The summed E-state index contributed by atoms with van der Waals surface area (Å²) in [6.07, 6.45) is 1.38. The van der Waals surface area contributed by atoms with E-state index < -0.39 is 11.5 Å². The van der Waals surface area contributed by atoms with Gasteiger partial charge in [0.25, 0.3) is 11.5 Å². The third kappa shape index (κ3) is 3.90. The number of hydrogen-bond acceptors (Lipinski definition) is 4. The van der Waals surface area contributed by atoms with Gasteiger partial charge in [0, 0.05) is 24.0 Å². The number of aromatic nitrogens is 3. The number of benzene rings is 1. The van der Waals surface area contributed by atoms with Crippen LogP contribution in [0.3, 0.4) is 0 Å². The van der Waals surface area contributed by atoms with Crippen LogP contribution < -0.4 is 10.9 Å². The first-order valence-corrected chi connectivity index (χ1v) is 9.56. The molecule has 7 heteroatoms. The predicted molar refractivity (Wildman–Crippen MR) is 114 cm³/mol. The number of aryl methyl sites for hydroxylation is 1. The van der Waals surface area contributed by atoms with Gasteiger partial charge in [-0.1, -0.05) is 41.5 Å². The molecule has 0 aliphatic rings. The van der Waals surface area contributed by atoms with Gasteiger partial charge in [-0.3, -0.25) is 9.59 Å². The van der Waals surface area contributed by atoms with Crippen molar-refractivity contribution in [2.24, 2.45) is 0 Å². The lowest BCUT2D eigenvalue weighted by Gasteiger charge is -2.28. The summed E-state index contributed by atoms with van der Waals surface area (Å²) in [5.74, 6) is -0.456. The number of anilines is 1. The van der Waals surface area contributed by atoms with Gasteiger partial charge in [0.05, 0.1) is 5.69 Å². The van der Waals surface area contributed by atoms with E-state index in [4.69, 9.17) is 0 Å². The topological polar surface area (TPSA) is 99.5 Å². The van der Waals surface area contributed by atoms with Crippen molar-refractivity contribution in [3.8, 4) is 5.75 Å². The summed E-state index contributed by atoms with van der Waals surface area (Å²) in [6.45, 7) is 13.9. The molecular weight excluding hydrogens is 368 g/mol. The minimum Gasteiger partial charge on any atom is -0.508 e. The molecule has 3 N–H and O–H groups in total. The number of aromatic hydroxyl groups is 1. The fourth-order valence-electron chi connectivity index (χ4n) is 3.34. The minimum atomic E-state index is -0.560. The molecule has 2 aromatic heterocycles. The highest BCUT2D eigenvalue weighted by Gasteiger charge is 2.26. The predicted octanol–water partition coefficient (Wildman–Crippen LogP) is 3.88. The number of nitrogens with one attached hydrogen (secondary N) is 2. The lowest BCUT2D eigenvalue weighted by molar-refractivity contribution is 0.102. The lowest BCUT2D eigenvalue weighted by atomic mass is 9.79. The zero-order chi connectivity index (χ0) is 21.7. The highest BCUT2D eigenvalue weighted by molar-refractivity contribution is 6.04. The monoisotopic (exact) mass is 396 g/mol. The van der Waals surface area contributed by atoms with Gasteiger partial charge >= 0.3 is 0 Å². The molecule has 0 aliphatic heterocycles. The Morgan fingerprint density at radius 3 is 2.28 bits per heavy atom. The van der Waals surface area contributed by atoms with E-state index in [9.17, 15) is 14.7 Å². The molecule has 0 atom stereocenters. The SMILES string of the molecule is Cc1cc2[nH]cc(C(=O)Nc3cc(O)c(C(C)(C)C)cc3C(C)(C)C)c(=O)n2n1. The van der Waals surface area contributed by atoms with Gasteiger partial charge in [0.2, 0.25) is 0 Å². The number of hydrogen-bond donors (Lipinski definition) is 3. The summed E-state index contributed by atoms with van der Waals surface area (Å²) in [5, 5.41) is 17.5. The summed E-state index contributed by atoms with van der Waals surface area (Å²) in [6, 6.07) is 5.21. The molecule has 1 aromatic carbocycles. The Morgan fingerprint density at radius 2 is 1.69 bits per heavy atom. The Morgan fingerprint density at radius 1 is 1.07 bits per heavy atom. The molecule has 0 radical (unpaired) electrons. The quantitative estimate of drug-likeness (QED) is 0.612. The van der Waals surface area contributed by atoms with Crippen molar-refractivity contribution in [1.82, 2.24) is 14.6 Å². The van der Waals surface area contributed by atoms with Crippen molar-refractivity contribution in [2.45, 2.75) is 59.3 Å². The van der Waals surface area contributed by atoms with Crippen LogP contribution in [0.5, 0.6) is 5.75 Å². The molecule has 2 heterocycles. The molecule has 29 heavy (non-hydrogen) atoms. The van der Waals surface area contributed by atoms with Crippen LogP contribution in [-0.4, -0.2) is 25.6 Å². The maximum absolute atomic E-state index is 12.9. The third-order valence-electron chi connectivity index (χ3n) is 4.86. The molecule has 1 amide bonds. The standard InChI is InChI=1S/C22H28N4O3/c1-12-8-18-23-11-13(20(29)26(18)25-12)19(28)24-16-10-17(27)15(22(5,6)7)9-14(16)21(2,3)4/h8-11,23,27H,1-7H3,(H,24,28). The van der Waals surface area contributed by atoms with E-state index in [2.05, 4.69) is 15.4 Å².